The van der Waals surface area contributed by atoms with E-state index < -0.39 is 0 Å². The van der Waals surface area contributed by atoms with Crippen molar-refractivity contribution in [1.29, 1.82) is 0 Å². The Labute approximate surface area is 65.4 Å². The van der Waals surface area contributed by atoms with Gasteiger partial charge in [0.2, 0.25) is 5.91 Å². The molecule has 0 radical (unpaired) electrons. The van der Waals surface area contributed by atoms with Crippen molar-refractivity contribution in [3.8, 4) is 0 Å². The van der Waals surface area contributed by atoms with Crippen molar-refractivity contribution in [2.24, 2.45) is 29.2 Å². The highest BCUT2D eigenvalue weighted by Crippen LogP contribution is 2.42. The minimum Gasteiger partial charge on any atom is -0.369 e. The molecule has 3 heteroatoms. The molecule has 1 saturated carbocycles. The Balaban J connectivity index is 2.25. The molecule has 1 unspecified atom stereocenters. The number of rotatable bonds is 1. The van der Waals surface area contributed by atoms with Crippen LogP contribution in [0.4, 0.5) is 0 Å². The van der Waals surface area contributed by atoms with Crippen LogP contribution in [0.1, 0.15) is 6.42 Å². The van der Waals surface area contributed by atoms with E-state index in [1.165, 1.54) is 0 Å². The van der Waals surface area contributed by atoms with E-state index in [1.54, 1.807) is 0 Å². The Bertz CT molecular complexity index is 224. The number of amides is 1. The molecule has 2 rings (SSSR count). The average Bonchev–Trinajstić information content (AvgIpc) is 2.44. The minimum absolute atomic E-state index is 0.0255. The molecule has 4 N–H and O–H groups in total. The van der Waals surface area contributed by atoms with Gasteiger partial charge in [0.25, 0.3) is 0 Å². The molecule has 0 aliphatic heterocycles. The Kier molecular flexibility index (Phi) is 1.29. The first-order chi connectivity index (χ1) is 5.20. The highest BCUT2D eigenvalue weighted by atomic mass is 16.1. The number of carbonyl (C=O) groups excluding carboxylic acids is 1. The lowest BCUT2D eigenvalue weighted by molar-refractivity contribution is -0.122. The standard InChI is InChI=1S/C8H12N2O/c9-7-5-2-1-4(3-5)6(7)8(10)11/h1-2,4-7H,3,9H2,(H2,10,11)/t4-,5+,6?,7-/m1/s1. The van der Waals surface area contributed by atoms with Gasteiger partial charge in [-0.15, -0.1) is 0 Å². The molecule has 3 nitrogen and oxygen atoms in total. The van der Waals surface area contributed by atoms with Gasteiger partial charge in [-0.1, -0.05) is 12.2 Å². The summed E-state index contributed by atoms with van der Waals surface area (Å²) in [7, 11) is 0. The summed E-state index contributed by atoms with van der Waals surface area (Å²) in [4.78, 5) is 10.9. The van der Waals surface area contributed by atoms with Crippen LogP contribution in [0.3, 0.4) is 0 Å². The van der Waals surface area contributed by atoms with Crippen molar-refractivity contribution < 1.29 is 4.79 Å². The largest absolute Gasteiger partial charge is 0.369 e. The van der Waals surface area contributed by atoms with Crippen LogP contribution in [0.15, 0.2) is 12.2 Å². The molecule has 11 heavy (non-hydrogen) atoms. The van der Waals surface area contributed by atoms with Gasteiger partial charge in [0.1, 0.15) is 0 Å². The van der Waals surface area contributed by atoms with Gasteiger partial charge in [0.15, 0.2) is 0 Å². The van der Waals surface area contributed by atoms with Gasteiger partial charge in [-0.2, -0.15) is 0 Å². The molecule has 1 fully saturated rings. The molecule has 2 aliphatic carbocycles. The van der Waals surface area contributed by atoms with E-state index in [-0.39, 0.29) is 17.9 Å². The van der Waals surface area contributed by atoms with Crippen molar-refractivity contribution in [2.45, 2.75) is 12.5 Å². The molecule has 0 spiro atoms. The van der Waals surface area contributed by atoms with Gasteiger partial charge >= 0.3 is 0 Å². The van der Waals surface area contributed by atoms with Crippen LogP contribution in [0.5, 0.6) is 0 Å². The van der Waals surface area contributed by atoms with E-state index in [1.807, 2.05) is 0 Å². The summed E-state index contributed by atoms with van der Waals surface area (Å²) < 4.78 is 0. The maximum atomic E-state index is 10.9. The highest BCUT2D eigenvalue weighted by Gasteiger charge is 2.45. The summed E-state index contributed by atoms with van der Waals surface area (Å²) in [6.07, 6.45) is 5.20. The second-order valence-electron chi connectivity index (χ2n) is 3.45. The number of hydrogen-bond acceptors (Lipinski definition) is 2. The Hall–Kier alpha value is -0.830. The minimum atomic E-state index is -0.241. The summed E-state index contributed by atoms with van der Waals surface area (Å²) in [5.41, 5.74) is 11.0. The van der Waals surface area contributed by atoms with E-state index in [4.69, 9.17) is 11.5 Å². The van der Waals surface area contributed by atoms with Gasteiger partial charge in [-0.3, -0.25) is 4.79 Å². The summed E-state index contributed by atoms with van der Waals surface area (Å²) >= 11 is 0. The van der Waals surface area contributed by atoms with Crippen LogP contribution in [0.2, 0.25) is 0 Å². The second kappa shape index (κ2) is 2.08. The van der Waals surface area contributed by atoms with Crippen molar-refractivity contribution in [3.05, 3.63) is 12.2 Å². The molecule has 4 atom stereocenters. The van der Waals surface area contributed by atoms with Crippen LogP contribution in [0.25, 0.3) is 0 Å². The SMILES string of the molecule is NC(=O)C1[C@@H]2C=C[C@@H](C2)[C@H]1N. The molecule has 2 bridgehead atoms. The van der Waals surface area contributed by atoms with E-state index in [2.05, 4.69) is 12.2 Å². The molecule has 0 saturated heterocycles. The predicted molar refractivity (Wildman–Crippen MR) is 41.4 cm³/mol. The van der Waals surface area contributed by atoms with Gasteiger partial charge in [0.05, 0.1) is 5.92 Å². The topological polar surface area (TPSA) is 69.1 Å². The van der Waals surface area contributed by atoms with E-state index in [0.717, 1.165) is 6.42 Å². The summed E-state index contributed by atoms with van der Waals surface area (Å²) in [6, 6.07) is -0.0255. The van der Waals surface area contributed by atoms with Gasteiger partial charge < -0.3 is 11.5 Å². The smallest absolute Gasteiger partial charge is 0.222 e. The Morgan fingerprint density at radius 3 is 2.36 bits per heavy atom. The van der Waals surface area contributed by atoms with Crippen LogP contribution >= 0.6 is 0 Å². The van der Waals surface area contributed by atoms with Crippen LogP contribution in [0, 0.1) is 17.8 Å². The zero-order valence-electron chi connectivity index (χ0n) is 6.23. The maximum Gasteiger partial charge on any atom is 0.222 e. The third-order valence-electron chi connectivity index (χ3n) is 2.85. The molecule has 0 aromatic rings. The van der Waals surface area contributed by atoms with E-state index in [9.17, 15) is 4.79 Å². The summed E-state index contributed by atoms with van der Waals surface area (Å²) in [5, 5.41) is 0. The number of allylic oxidation sites excluding steroid dienone is 1. The lowest BCUT2D eigenvalue weighted by Gasteiger charge is -2.20. The van der Waals surface area contributed by atoms with Gasteiger partial charge in [-0.05, 0) is 18.3 Å². The lowest BCUT2D eigenvalue weighted by Crippen LogP contribution is -2.41. The van der Waals surface area contributed by atoms with Crippen molar-refractivity contribution >= 4 is 5.91 Å². The molecule has 60 valence electrons. The highest BCUT2D eigenvalue weighted by molar-refractivity contribution is 5.79. The van der Waals surface area contributed by atoms with Gasteiger partial charge in [0, 0.05) is 6.04 Å². The number of nitrogens with two attached hydrogens (primary N) is 2. The zero-order chi connectivity index (χ0) is 8.01. The van der Waals surface area contributed by atoms with Gasteiger partial charge in [-0.25, -0.2) is 0 Å². The Morgan fingerprint density at radius 2 is 2.00 bits per heavy atom. The number of carbonyl (C=O) groups is 1. The quantitative estimate of drug-likeness (QED) is 0.503. The first-order valence-electron chi connectivity index (χ1n) is 3.93. The fraction of sp³-hybridized carbons (Fsp3) is 0.625. The summed E-state index contributed by atoms with van der Waals surface area (Å²) in [6.45, 7) is 0. The fourth-order valence-corrected chi connectivity index (χ4v) is 2.26. The second-order valence-corrected chi connectivity index (χ2v) is 3.45. The van der Waals surface area contributed by atoms with Crippen LogP contribution in [-0.2, 0) is 4.79 Å². The van der Waals surface area contributed by atoms with Crippen LogP contribution < -0.4 is 11.5 Å². The number of hydrogen-bond donors (Lipinski definition) is 2. The monoisotopic (exact) mass is 152 g/mol. The average molecular weight is 152 g/mol. The zero-order valence-corrected chi connectivity index (χ0v) is 6.23. The molecule has 2 aliphatic rings. The molecule has 0 aromatic carbocycles. The van der Waals surface area contributed by atoms with E-state index >= 15 is 0 Å². The number of primary amides is 1. The maximum absolute atomic E-state index is 10.9. The molecule has 0 aromatic heterocycles. The molecule has 1 amide bonds. The molecular formula is C8H12N2O. The van der Waals surface area contributed by atoms with Crippen molar-refractivity contribution in [2.75, 3.05) is 0 Å². The lowest BCUT2D eigenvalue weighted by atomic mass is 9.89. The first-order valence-corrected chi connectivity index (χ1v) is 3.93. The molecule has 0 heterocycles. The summed E-state index contributed by atoms with van der Waals surface area (Å²) in [5.74, 6) is 0.379. The third kappa shape index (κ3) is 0.807. The Morgan fingerprint density at radius 1 is 1.36 bits per heavy atom. The normalized spacial score (nSPS) is 46.6. The van der Waals surface area contributed by atoms with Crippen molar-refractivity contribution in [1.82, 2.24) is 0 Å². The first kappa shape index (κ1) is 6.85. The van der Waals surface area contributed by atoms with Crippen LogP contribution in [-0.4, -0.2) is 11.9 Å². The number of fused-ring (bicyclic) bond motifs is 2. The predicted octanol–water partition coefficient (Wildman–Crippen LogP) is -0.379. The fourth-order valence-electron chi connectivity index (χ4n) is 2.26. The molecular weight excluding hydrogens is 140 g/mol. The van der Waals surface area contributed by atoms with E-state index in [0.29, 0.717) is 11.8 Å². The van der Waals surface area contributed by atoms with Crippen molar-refractivity contribution in [3.63, 3.8) is 0 Å². The third-order valence-corrected chi connectivity index (χ3v) is 2.85.